The summed E-state index contributed by atoms with van der Waals surface area (Å²) in [5.41, 5.74) is 0.176. The summed E-state index contributed by atoms with van der Waals surface area (Å²) in [6, 6.07) is 6.64. The Labute approximate surface area is 109 Å². The Morgan fingerprint density at radius 3 is 2.37 bits per heavy atom. The molecular weight excluding hydrogens is 278 g/mol. The van der Waals surface area contributed by atoms with E-state index < -0.39 is 21.9 Å². The monoisotopic (exact) mass is 290 g/mol. The van der Waals surface area contributed by atoms with Crippen LogP contribution in [0.2, 0.25) is 0 Å². The second-order valence-electron chi connectivity index (χ2n) is 3.58. The third-order valence-electron chi connectivity index (χ3n) is 2.23. The first-order valence-corrected chi connectivity index (χ1v) is 6.89. The largest absolute Gasteiger partial charge is 0.435 e. The molecule has 0 heterocycles. The molecule has 1 aromatic carbocycles. The SMILES string of the molecule is CCC(C#N)S(=O)(=O)Nc1ccc(OC(F)F)cc1. The van der Waals surface area contributed by atoms with E-state index >= 15 is 0 Å². The molecule has 0 radical (unpaired) electrons. The van der Waals surface area contributed by atoms with E-state index in [4.69, 9.17) is 5.26 Å². The first kappa shape index (κ1) is 15.2. The number of nitrogens with zero attached hydrogens (tertiary/aromatic N) is 1. The fourth-order valence-corrected chi connectivity index (χ4v) is 2.50. The number of benzene rings is 1. The maximum atomic E-state index is 11.9. The zero-order valence-electron chi connectivity index (χ0n) is 10.0. The van der Waals surface area contributed by atoms with E-state index in [0.717, 1.165) is 0 Å². The Morgan fingerprint density at radius 1 is 1.37 bits per heavy atom. The lowest BCUT2D eigenvalue weighted by molar-refractivity contribution is -0.0498. The molecule has 1 rings (SSSR count). The van der Waals surface area contributed by atoms with Crippen LogP contribution in [0.15, 0.2) is 24.3 Å². The summed E-state index contributed by atoms with van der Waals surface area (Å²) in [7, 11) is -3.81. The molecule has 1 atom stereocenters. The van der Waals surface area contributed by atoms with Crippen LogP contribution in [0.1, 0.15) is 13.3 Å². The van der Waals surface area contributed by atoms with Crippen molar-refractivity contribution in [3.63, 3.8) is 0 Å². The van der Waals surface area contributed by atoms with Crippen molar-refractivity contribution in [1.29, 1.82) is 5.26 Å². The van der Waals surface area contributed by atoms with E-state index in [1.807, 2.05) is 0 Å². The number of alkyl halides is 2. The van der Waals surface area contributed by atoms with Gasteiger partial charge in [0.2, 0.25) is 10.0 Å². The molecule has 1 aromatic rings. The van der Waals surface area contributed by atoms with Crippen molar-refractivity contribution in [2.24, 2.45) is 0 Å². The molecule has 1 unspecified atom stereocenters. The van der Waals surface area contributed by atoms with Crippen LogP contribution in [0.5, 0.6) is 5.75 Å². The third kappa shape index (κ3) is 4.37. The van der Waals surface area contributed by atoms with Gasteiger partial charge in [0.15, 0.2) is 5.25 Å². The predicted octanol–water partition coefficient (Wildman–Crippen LogP) is 2.33. The van der Waals surface area contributed by atoms with Gasteiger partial charge >= 0.3 is 6.61 Å². The summed E-state index contributed by atoms with van der Waals surface area (Å²) in [4.78, 5) is 0. The number of nitriles is 1. The standard InChI is InChI=1S/C11H12F2N2O3S/c1-2-10(7-14)19(16,17)15-8-3-5-9(6-4-8)18-11(12)13/h3-6,10-11,15H,2H2,1H3. The Balaban J connectivity index is 2.81. The van der Waals surface area contributed by atoms with Crippen LogP contribution in [0.4, 0.5) is 14.5 Å². The van der Waals surface area contributed by atoms with Gasteiger partial charge in [0.05, 0.1) is 6.07 Å². The van der Waals surface area contributed by atoms with Gasteiger partial charge in [-0.2, -0.15) is 14.0 Å². The Kier molecular flexibility index (Phi) is 5.06. The van der Waals surface area contributed by atoms with Gasteiger partial charge in [-0.3, -0.25) is 4.72 Å². The molecule has 0 bridgehead atoms. The molecule has 0 saturated heterocycles. The zero-order valence-corrected chi connectivity index (χ0v) is 10.8. The normalized spacial score (nSPS) is 12.8. The summed E-state index contributed by atoms with van der Waals surface area (Å²) in [6.07, 6.45) is 0.151. The van der Waals surface area contributed by atoms with Crippen molar-refractivity contribution in [3.05, 3.63) is 24.3 Å². The molecule has 8 heteroatoms. The summed E-state index contributed by atoms with van der Waals surface area (Å²) in [5.74, 6) is -0.0785. The van der Waals surface area contributed by atoms with E-state index in [-0.39, 0.29) is 17.9 Å². The second-order valence-corrected chi connectivity index (χ2v) is 5.44. The number of halogens is 2. The summed E-state index contributed by atoms with van der Waals surface area (Å²) in [5, 5.41) is 7.55. The van der Waals surface area contributed by atoms with Crippen LogP contribution >= 0.6 is 0 Å². The number of nitrogens with one attached hydrogen (secondary N) is 1. The van der Waals surface area contributed by atoms with E-state index in [2.05, 4.69) is 9.46 Å². The average Bonchev–Trinajstić information content (AvgIpc) is 2.31. The van der Waals surface area contributed by atoms with Crippen LogP contribution < -0.4 is 9.46 Å². The average molecular weight is 290 g/mol. The van der Waals surface area contributed by atoms with Gasteiger partial charge in [0.1, 0.15) is 5.75 Å². The lowest BCUT2D eigenvalue weighted by atomic mass is 10.3. The van der Waals surface area contributed by atoms with E-state index in [1.165, 1.54) is 24.3 Å². The summed E-state index contributed by atoms with van der Waals surface area (Å²) < 4.78 is 53.7. The van der Waals surface area contributed by atoms with Crippen molar-refractivity contribution in [2.45, 2.75) is 25.2 Å². The maximum Gasteiger partial charge on any atom is 0.387 e. The highest BCUT2D eigenvalue weighted by Gasteiger charge is 2.23. The Hall–Kier alpha value is -1.88. The molecule has 0 saturated carbocycles. The van der Waals surface area contributed by atoms with E-state index in [1.54, 1.807) is 13.0 Å². The van der Waals surface area contributed by atoms with Crippen LogP contribution in [-0.2, 0) is 10.0 Å². The first-order valence-electron chi connectivity index (χ1n) is 5.35. The second kappa shape index (κ2) is 6.33. The van der Waals surface area contributed by atoms with Crippen molar-refractivity contribution in [1.82, 2.24) is 0 Å². The number of hydrogen-bond donors (Lipinski definition) is 1. The lowest BCUT2D eigenvalue weighted by Crippen LogP contribution is -2.25. The molecule has 104 valence electrons. The molecule has 0 spiro atoms. The number of ether oxygens (including phenoxy) is 1. The number of sulfonamides is 1. The molecule has 0 aliphatic rings. The number of anilines is 1. The Bertz CT molecular complexity index is 552. The van der Waals surface area contributed by atoms with Gasteiger partial charge in [0.25, 0.3) is 0 Å². The van der Waals surface area contributed by atoms with Crippen LogP contribution in [0, 0.1) is 11.3 Å². The summed E-state index contributed by atoms with van der Waals surface area (Å²) >= 11 is 0. The number of rotatable bonds is 6. The molecule has 0 aromatic heterocycles. The van der Waals surface area contributed by atoms with Crippen molar-refractivity contribution >= 4 is 15.7 Å². The fraction of sp³-hybridized carbons (Fsp3) is 0.364. The topological polar surface area (TPSA) is 79.2 Å². The fourth-order valence-electron chi connectivity index (χ4n) is 1.32. The molecule has 1 N–H and O–H groups in total. The third-order valence-corrected chi connectivity index (χ3v) is 3.94. The van der Waals surface area contributed by atoms with Crippen molar-refractivity contribution in [2.75, 3.05) is 4.72 Å². The highest BCUT2D eigenvalue weighted by atomic mass is 32.2. The predicted molar refractivity (Wildman–Crippen MR) is 65.3 cm³/mol. The van der Waals surface area contributed by atoms with Crippen LogP contribution in [0.3, 0.4) is 0 Å². The molecule has 19 heavy (non-hydrogen) atoms. The van der Waals surface area contributed by atoms with Crippen LogP contribution in [0.25, 0.3) is 0 Å². The molecule has 0 amide bonds. The van der Waals surface area contributed by atoms with Gasteiger partial charge in [0, 0.05) is 5.69 Å². The van der Waals surface area contributed by atoms with Gasteiger partial charge in [-0.05, 0) is 30.7 Å². The van der Waals surface area contributed by atoms with Crippen molar-refractivity contribution < 1.29 is 21.9 Å². The van der Waals surface area contributed by atoms with E-state index in [0.29, 0.717) is 0 Å². The smallest absolute Gasteiger partial charge is 0.387 e. The maximum absolute atomic E-state index is 11.9. The highest BCUT2D eigenvalue weighted by Crippen LogP contribution is 2.19. The minimum atomic E-state index is -3.81. The summed E-state index contributed by atoms with van der Waals surface area (Å²) in [6.45, 7) is -1.36. The molecule has 5 nitrogen and oxygen atoms in total. The minimum absolute atomic E-state index is 0.0785. The van der Waals surface area contributed by atoms with Gasteiger partial charge < -0.3 is 4.74 Å². The van der Waals surface area contributed by atoms with Gasteiger partial charge in [-0.15, -0.1) is 0 Å². The van der Waals surface area contributed by atoms with Gasteiger partial charge in [-0.25, -0.2) is 8.42 Å². The van der Waals surface area contributed by atoms with Crippen molar-refractivity contribution in [3.8, 4) is 11.8 Å². The van der Waals surface area contributed by atoms with Crippen LogP contribution in [-0.4, -0.2) is 20.3 Å². The number of hydrogen-bond acceptors (Lipinski definition) is 4. The highest BCUT2D eigenvalue weighted by molar-refractivity contribution is 7.93. The quantitative estimate of drug-likeness (QED) is 0.872. The first-order chi connectivity index (χ1) is 8.89. The molecule has 0 aliphatic heterocycles. The zero-order chi connectivity index (χ0) is 14.5. The van der Waals surface area contributed by atoms with Gasteiger partial charge in [-0.1, -0.05) is 6.92 Å². The van der Waals surface area contributed by atoms with E-state index in [9.17, 15) is 17.2 Å². The molecule has 0 fully saturated rings. The molecular formula is C11H12F2N2O3S. The minimum Gasteiger partial charge on any atom is -0.435 e. The molecule has 0 aliphatic carbocycles. The Morgan fingerprint density at radius 2 is 1.95 bits per heavy atom. The lowest BCUT2D eigenvalue weighted by Gasteiger charge is -2.11.